The first-order chi connectivity index (χ1) is 14.5. The molecule has 0 bridgehead atoms. The first-order valence-electron chi connectivity index (χ1n) is 9.49. The third-order valence-electron chi connectivity index (χ3n) is 5.34. The molecule has 1 aromatic heterocycles. The molecule has 1 aliphatic carbocycles. The van der Waals surface area contributed by atoms with Gasteiger partial charge in [-0.15, -0.1) is 0 Å². The average molecular weight is 454 g/mol. The molecule has 1 amide bonds. The van der Waals surface area contributed by atoms with Crippen molar-refractivity contribution in [1.29, 1.82) is 0 Å². The van der Waals surface area contributed by atoms with E-state index in [4.69, 9.17) is 4.84 Å². The summed E-state index contributed by atoms with van der Waals surface area (Å²) in [5.74, 6) is -3.59. The van der Waals surface area contributed by atoms with Gasteiger partial charge in [-0.05, 0) is 30.5 Å². The summed E-state index contributed by atoms with van der Waals surface area (Å²) in [4.78, 5) is 26.5. The molecule has 1 heterocycles. The summed E-state index contributed by atoms with van der Waals surface area (Å²) in [7, 11) is -1.30. The topological polar surface area (TPSA) is 101 Å². The Labute approximate surface area is 179 Å². The van der Waals surface area contributed by atoms with Gasteiger partial charge in [0.15, 0.2) is 5.82 Å². The predicted molar refractivity (Wildman–Crippen MR) is 109 cm³/mol. The SMILES string of the molecule is CON(C)C(=O)[C@]1(Cc2cccc(-c3ncccn3)c2)C[C@@H](NS(C)(=O)=O)C(F)(F)C1. The Morgan fingerprint density at radius 2 is 1.97 bits per heavy atom. The summed E-state index contributed by atoms with van der Waals surface area (Å²) < 4.78 is 54.9. The van der Waals surface area contributed by atoms with Crippen LogP contribution < -0.4 is 4.72 Å². The highest BCUT2D eigenvalue weighted by Crippen LogP contribution is 2.50. The number of amides is 1. The van der Waals surface area contributed by atoms with Crippen LogP contribution in [0, 0.1) is 5.41 Å². The largest absolute Gasteiger partial charge is 0.275 e. The van der Waals surface area contributed by atoms with Crippen molar-refractivity contribution in [3.8, 4) is 11.4 Å². The van der Waals surface area contributed by atoms with Crippen LogP contribution in [0.3, 0.4) is 0 Å². The molecule has 0 radical (unpaired) electrons. The Balaban J connectivity index is 1.99. The van der Waals surface area contributed by atoms with E-state index in [-0.39, 0.29) is 12.8 Å². The van der Waals surface area contributed by atoms with Crippen LogP contribution >= 0.6 is 0 Å². The number of benzene rings is 1. The van der Waals surface area contributed by atoms with Crippen LogP contribution in [0.4, 0.5) is 8.78 Å². The summed E-state index contributed by atoms with van der Waals surface area (Å²) in [6.07, 6.45) is 2.78. The highest BCUT2D eigenvalue weighted by Gasteiger charge is 2.61. The van der Waals surface area contributed by atoms with Crippen molar-refractivity contribution in [1.82, 2.24) is 19.8 Å². The smallest absolute Gasteiger partial charge is 0.265 e. The number of aromatic nitrogens is 2. The monoisotopic (exact) mass is 454 g/mol. The lowest BCUT2D eigenvalue weighted by molar-refractivity contribution is -0.181. The minimum absolute atomic E-state index is 0.0300. The number of carbonyl (C=O) groups excluding carboxylic acids is 1. The number of hydroxylamine groups is 2. The highest BCUT2D eigenvalue weighted by atomic mass is 32.2. The van der Waals surface area contributed by atoms with Gasteiger partial charge in [-0.25, -0.2) is 37.0 Å². The van der Waals surface area contributed by atoms with Crippen LogP contribution in [0.15, 0.2) is 42.7 Å². The van der Waals surface area contributed by atoms with Crippen LogP contribution in [0.2, 0.25) is 0 Å². The van der Waals surface area contributed by atoms with Gasteiger partial charge in [0.2, 0.25) is 10.0 Å². The van der Waals surface area contributed by atoms with Gasteiger partial charge in [-0.2, -0.15) is 0 Å². The maximum absolute atomic E-state index is 14.9. The summed E-state index contributed by atoms with van der Waals surface area (Å²) in [6, 6.07) is 6.97. The first-order valence-corrected chi connectivity index (χ1v) is 11.4. The number of rotatable bonds is 7. The molecule has 11 heteroatoms. The number of hydrogen-bond acceptors (Lipinski definition) is 6. The van der Waals surface area contributed by atoms with Gasteiger partial charge < -0.3 is 0 Å². The minimum atomic E-state index is -3.90. The summed E-state index contributed by atoms with van der Waals surface area (Å²) in [5, 5.41) is 0.906. The van der Waals surface area contributed by atoms with Crippen molar-refractivity contribution >= 4 is 15.9 Å². The van der Waals surface area contributed by atoms with Crippen molar-refractivity contribution in [3.05, 3.63) is 48.3 Å². The van der Waals surface area contributed by atoms with Crippen molar-refractivity contribution in [3.63, 3.8) is 0 Å². The lowest BCUT2D eigenvalue weighted by atomic mass is 9.78. The number of carbonyl (C=O) groups is 1. The van der Waals surface area contributed by atoms with E-state index >= 15 is 0 Å². The van der Waals surface area contributed by atoms with E-state index in [0.717, 1.165) is 11.3 Å². The quantitative estimate of drug-likeness (QED) is 0.643. The highest BCUT2D eigenvalue weighted by molar-refractivity contribution is 7.88. The molecule has 0 spiro atoms. The van der Waals surface area contributed by atoms with E-state index in [0.29, 0.717) is 17.0 Å². The van der Waals surface area contributed by atoms with Crippen molar-refractivity contribution in [2.75, 3.05) is 20.4 Å². The third-order valence-corrected chi connectivity index (χ3v) is 6.05. The number of sulfonamides is 1. The molecular formula is C20H24F2N4O4S. The fourth-order valence-electron chi connectivity index (χ4n) is 4.02. The zero-order chi connectivity index (χ0) is 22.9. The fourth-order valence-corrected chi connectivity index (χ4v) is 4.79. The Morgan fingerprint density at radius 1 is 1.29 bits per heavy atom. The Bertz CT molecular complexity index is 1050. The number of nitrogens with one attached hydrogen (secondary N) is 1. The molecule has 3 rings (SSSR count). The van der Waals surface area contributed by atoms with E-state index in [1.165, 1.54) is 14.2 Å². The van der Waals surface area contributed by atoms with Crippen LogP contribution in [0.5, 0.6) is 0 Å². The number of hydrogen-bond donors (Lipinski definition) is 1. The Kier molecular flexibility index (Phi) is 6.40. The number of alkyl halides is 2. The Morgan fingerprint density at radius 3 is 2.58 bits per heavy atom. The fraction of sp³-hybridized carbons (Fsp3) is 0.450. The van der Waals surface area contributed by atoms with Gasteiger partial charge in [-0.3, -0.25) is 9.63 Å². The number of halogens is 2. The molecule has 1 aromatic carbocycles. The van der Waals surface area contributed by atoms with E-state index in [1.54, 1.807) is 42.7 Å². The second-order valence-electron chi connectivity index (χ2n) is 7.80. The lowest BCUT2D eigenvalue weighted by Gasteiger charge is -2.31. The minimum Gasteiger partial charge on any atom is -0.275 e. The molecule has 31 heavy (non-hydrogen) atoms. The van der Waals surface area contributed by atoms with Gasteiger partial charge in [0.1, 0.15) is 0 Å². The molecule has 2 atom stereocenters. The maximum atomic E-state index is 14.9. The molecule has 0 aliphatic heterocycles. The van der Waals surface area contributed by atoms with Crippen LogP contribution in [0.1, 0.15) is 18.4 Å². The normalized spacial score (nSPS) is 22.9. The van der Waals surface area contributed by atoms with Crippen LogP contribution in [-0.2, 0) is 26.1 Å². The van der Waals surface area contributed by atoms with E-state index < -0.39 is 39.7 Å². The standard InChI is InChI=1S/C20H24F2N4O4S/c1-26(30-2)18(27)19(12-16(20(21,22)13-19)25-31(3,28)29)11-14-6-4-7-15(10-14)17-23-8-5-9-24-17/h4-10,16,25H,11-13H2,1-3H3/t16-,19-/m1/s1. The molecule has 2 aromatic rings. The lowest BCUT2D eigenvalue weighted by Crippen LogP contribution is -2.44. The first kappa shape index (κ1) is 23.2. The molecule has 1 N–H and O–H groups in total. The number of nitrogens with zero attached hydrogens (tertiary/aromatic N) is 3. The molecule has 0 unspecified atom stereocenters. The van der Waals surface area contributed by atoms with Gasteiger partial charge >= 0.3 is 0 Å². The molecule has 1 aliphatic rings. The molecular weight excluding hydrogens is 430 g/mol. The zero-order valence-corrected chi connectivity index (χ0v) is 18.2. The van der Waals surface area contributed by atoms with Gasteiger partial charge in [-0.1, -0.05) is 18.2 Å². The Hall–Kier alpha value is -2.50. The summed E-state index contributed by atoms with van der Waals surface area (Å²) >= 11 is 0. The van der Waals surface area contributed by atoms with Crippen molar-refractivity contribution < 1.29 is 26.8 Å². The molecule has 8 nitrogen and oxygen atoms in total. The molecule has 1 fully saturated rings. The van der Waals surface area contributed by atoms with Gasteiger partial charge in [0.25, 0.3) is 11.8 Å². The summed E-state index contributed by atoms with van der Waals surface area (Å²) in [6.45, 7) is 0. The second kappa shape index (κ2) is 8.56. The van der Waals surface area contributed by atoms with E-state index in [1.807, 2.05) is 4.72 Å². The van der Waals surface area contributed by atoms with Gasteiger partial charge in [0.05, 0.1) is 24.8 Å². The zero-order valence-electron chi connectivity index (χ0n) is 17.4. The average Bonchev–Trinajstić information content (AvgIpc) is 2.96. The second-order valence-corrected chi connectivity index (χ2v) is 9.58. The van der Waals surface area contributed by atoms with Gasteiger partial charge in [0, 0.05) is 31.4 Å². The maximum Gasteiger partial charge on any atom is 0.265 e. The predicted octanol–water partition coefficient (Wildman–Crippen LogP) is 2.04. The van der Waals surface area contributed by atoms with Crippen molar-refractivity contribution in [2.24, 2.45) is 5.41 Å². The van der Waals surface area contributed by atoms with E-state index in [2.05, 4.69) is 9.97 Å². The molecule has 168 valence electrons. The van der Waals surface area contributed by atoms with Crippen LogP contribution in [-0.4, -0.2) is 61.7 Å². The van der Waals surface area contributed by atoms with Crippen molar-refractivity contribution in [2.45, 2.75) is 31.2 Å². The summed E-state index contributed by atoms with van der Waals surface area (Å²) in [5.41, 5.74) is -0.262. The van der Waals surface area contributed by atoms with E-state index in [9.17, 15) is 22.0 Å². The molecule has 0 saturated heterocycles. The molecule has 1 saturated carbocycles. The van der Waals surface area contributed by atoms with Crippen LogP contribution in [0.25, 0.3) is 11.4 Å². The third kappa shape index (κ3) is 5.23.